The van der Waals surface area contributed by atoms with E-state index in [1.807, 2.05) is 0 Å². The van der Waals surface area contributed by atoms with E-state index in [0.29, 0.717) is 0 Å². The van der Waals surface area contributed by atoms with E-state index >= 15 is 0 Å². The molecule has 244 valence electrons. The fourth-order valence-electron chi connectivity index (χ4n) is 7.97. The van der Waals surface area contributed by atoms with Crippen LogP contribution in [0.5, 0.6) is 0 Å². The van der Waals surface area contributed by atoms with Crippen molar-refractivity contribution in [3.63, 3.8) is 0 Å². The van der Waals surface area contributed by atoms with Crippen molar-refractivity contribution in [1.82, 2.24) is 4.57 Å². The van der Waals surface area contributed by atoms with Crippen LogP contribution in [0, 0.1) is 0 Å². The van der Waals surface area contributed by atoms with Crippen LogP contribution in [0.4, 0.5) is 17.1 Å². The fourth-order valence-corrected chi connectivity index (χ4v) is 7.97. The molecule has 0 N–H and O–H groups in total. The van der Waals surface area contributed by atoms with Crippen LogP contribution in [-0.4, -0.2) is 4.57 Å². The smallest absolute Gasteiger partial charge is 0.0561 e. The van der Waals surface area contributed by atoms with E-state index in [2.05, 4.69) is 216 Å². The van der Waals surface area contributed by atoms with Crippen molar-refractivity contribution in [3.8, 4) is 27.9 Å². The third-order valence-electron chi connectivity index (χ3n) is 10.4. The Labute approximate surface area is 303 Å². The molecule has 10 rings (SSSR count). The lowest BCUT2D eigenvalue weighted by molar-refractivity contribution is 1.18. The van der Waals surface area contributed by atoms with Crippen molar-refractivity contribution in [2.45, 2.75) is 0 Å². The lowest BCUT2D eigenvalue weighted by Crippen LogP contribution is -2.12. The summed E-state index contributed by atoms with van der Waals surface area (Å²) in [6, 6.07) is 74.7. The van der Waals surface area contributed by atoms with Gasteiger partial charge in [-0.2, -0.15) is 0 Å². The maximum absolute atomic E-state index is 2.47. The van der Waals surface area contributed by atoms with E-state index in [1.54, 1.807) is 0 Å². The summed E-state index contributed by atoms with van der Waals surface area (Å²) in [5.74, 6) is 0. The van der Waals surface area contributed by atoms with Gasteiger partial charge in [-0.25, -0.2) is 0 Å². The van der Waals surface area contributed by atoms with Crippen LogP contribution in [0.2, 0.25) is 0 Å². The van der Waals surface area contributed by atoms with Crippen LogP contribution < -0.4 is 4.90 Å². The molecule has 2 nitrogen and oxygen atoms in total. The predicted octanol–water partition coefficient (Wildman–Crippen LogP) is 13.9. The summed E-state index contributed by atoms with van der Waals surface area (Å²) in [6.07, 6.45) is 0. The number of hydrogen-bond acceptors (Lipinski definition) is 1. The average molecular weight is 663 g/mol. The molecule has 52 heavy (non-hydrogen) atoms. The Hall–Kier alpha value is -6.90. The Morgan fingerprint density at radius 1 is 0.327 bits per heavy atom. The lowest BCUT2D eigenvalue weighted by Gasteiger charge is -2.30. The minimum absolute atomic E-state index is 1.10. The first kappa shape index (κ1) is 30.0. The van der Waals surface area contributed by atoms with Crippen LogP contribution in [-0.2, 0) is 0 Å². The molecule has 0 radical (unpaired) electrons. The zero-order valence-corrected chi connectivity index (χ0v) is 28.5. The van der Waals surface area contributed by atoms with E-state index in [4.69, 9.17) is 0 Å². The Balaban J connectivity index is 1.25. The Morgan fingerprint density at radius 3 is 1.69 bits per heavy atom. The number of anilines is 3. The van der Waals surface area contributed by atoms with Crippen LogP contribution in [0.25, 0.3) is 71.3 Å². The van der Waals surface area contributed by atoms with E-state index in [9.17, 15) is 0 Å². The highest BCUT2D eigenvalue weighted by Crippen LogP contribution is 2.46. The van der Waals surface area contributed by atoms with Crippen LogP contribution in [0.15, 0.2) is 206 Å². The standard InChI is InChI=1S/C50H34N2/c1-3-15-35(16-4-1)36-27-29-39(30-28-36)51-48-26-14-12-24-45(48)46-32-31-40(34-50(46)51)52(47-25-13-11-21-42(47)37-17-5-2-6-18-37)49-33-38-19-7-8-20-41(38)43-22-9-10-23-44(43)49/h1-34H. The lowest BCUT2D eigenvalue weighted by atomic mass is 9.97. The Morgan fingerprint density at radius 2 is 0.904 bits per heavy atom. The van der Waals surface area contributed by atoms with Gasteiger partial charge in [0.15, 0.2) is 0 Å². The number of benzene rings is 9. The number of nitrogens with zero attached hydrogens (tertiary/aromatic N) is 2. The molecule has 1 heterocycles. The predicted molar refractivity (Wildman–Crippen MR) is 221 cm³/mol. The second-order valence-corrected chi connectivity index (χ2v) is 13.3. The summed E-state index contributed by atoms with van der Waals surface area (Å²) < 4.78 is 2.42. The third kappa shape index (κ3) is 4.96. The molecule has 0 spiro atoms. The molecule has 9 aromatic carbocycles. The number of para-hydroxylation sites is 2. The average Bonchev–Trinajstić information content (AvgIpc) is 3.55. The molecule has 0 saturated heterocycles. The zero-order valence-electron chi connectivity index (χ0n) is 28.5. The van der Waals surface area contributed by atoms with Gasteiger partial charge in [0.1, 0.15) is 0 Å². The molecule has 0 aliphatic rings. The van der Waals surface area contributed by atoms with Crippen molar-refractivity contribution >= 4 is 60.4 Å². The van der Waals surface area contributed by atoms with Crippen LogP contribution >= 0.6 is 0 Å². The number of aromatic nitrogens is 1. The first-order valence-corrected chi connectivity index (χ1v) is 17.9. The molecule has 1 aromatic heterocycles. The zero-order chi connectivity index (χ0) is 34.4. The Kier molecular flexibility index (Phi) is 7.18. The molecule has 10 aromatic rings. The van der Waals surface area contributed by atoms with Gasteiger partial charge in [-0.1, -0.05) is 164 Å². The quantitative estimate of drug-likeness (QED) is 0.161. The summed E-state index contributed by atoms with van der Waals surface area (Å²) in [5, 5.41) is 7.39. The molecule has 0 fully saturated rings. The van der Waals surface area contributed by atoms with Gasteiger partial charge in [0.25, 0.3) is 0 Å². The molecule has 0 saturated carbocycles. The largest absolute Gasteiger partial charge is 0.309 e. The minimum atomic E-state index is 1.10. The van der Waals surface area contributed by atoms with Crippen molar-refractivity contribution in [2.24, 2.45) is 0 Å². The number of rotatable bonds is 6. The summed E-state index contributed by atoms with van der Waals surface area (Å²) in [6.45, 7) is 0. The highest BCUT2D eigenvalue weighted by molar-refractivity contribution is 6.16. The topological polar surface area (TPSA) is 8.17 Å². The molecule has 0 bridgehead atoms. The fraction of sp³-hybridized carbons (Fsp3) is 0. The first-order valence-electron chi connectivity index (χ1n) is 17.9. The Bertz CT molecular complexity index is 2890. The third-order valence-corrected chi connectivity index (χ3v) is 10.4. The molecule has 0 aliphatic heterocycles. The summed E-state index contributed by atoms with van der Waals surface area (Å²) >= 11 is 0. The summed E-state index contributed by atoms with van der Waals surface area (Å²) in [7, 11) is 0. The number of fused-ring (bicyclic) bond motifs is 6. The SMILES string of the molecule is c1ccc(-c2ccc(-n3c4ccccc4c4ccc(N(c5ccccc5-c5ccccc5)c5cc6ccccc6c6ccccc56)cc43)cc2)cc1. The van der Waals surface area contributed by atoms with Gasteiger partial charge in [0, 0.05) is 33.1 Å². The molecule has 0 aliphatic carbocycles. The molecule has 0 amide bonds. The second kappa shape index (κ2) is 12.5. The van der Waals surface area contributed by atoms with Crippen molar-refractivity contribution in [1.29, 1.82) is 0 Å². The highest BCUT2D eigenvalue weighted by atomic mass is 15.1. The van der Waals surface area contributed by atoms with Gasteiger partial charge in [0.2, 0.25) is 0 Å². The van der Waals surface area contributed by atoms with Gasteiger partial charge < -0.3 is 9.47 Å². The number of hydrogen-bond donors (Lipinski definition) is 0. The summed E-state index contributed by atoms with van der Waals surface area (Å²) in [5.41, 5.74) is 11.6. The van der Waals surface area contributed by atoms with E-state index in [-0.39, 0.29) is 0 Å². The maximum Gasteiger partial charge on any atom is 0.0561 e. The van der Waals surface area contributed by atoms with Crippen LogP contribution in [0.3, 0.4) is 0 Å². The van der Waals surface area contributed by atoms with Crippen LogP contribution in [0.1, 0.15) is 0 Å². The molecule has 0 atom stereocenters. The second-order valence-electron chi connectivity index (χ2n) is 13.3. The molecule has 2 heteroatoms. The van der Waals surface area contributed by atoms with Gasteiger partial charge in [-0.05, 0) is 75.3 Å². The monoisotopic (exact) mass is 662 g/mol. The minimum Gasteiger partial charge on any atom is -0.309 e. The molecule has 0 unspecified atom stereocenters. The van der Waals surface area contributed by atoms with E-state index < -0.39 is 0 Å². The van der Waals surface area contributed by atoms with E-state index in [1.165, 1.54) is 65.6 Å². The normalized spacial score (nSPS) is 11.5. The van der Waals surface area contributed by atoms with Crippen molar-refractivity contribution in [3.05, 3.63) is 206 Å². The molecular formula is C50H34N2. The van der Waals surface area contributed by atoms with Crippen molar-refractivity contribution in [2.75, 3.05) is 4.90 Å². The molecular weight excluding hydrogens is 629 g/mol. The van der Waals surface area contributed by atoms with Gasteiger partial charge in [0.05, 0.1) is 22.4 Å². The first-order chi connectivity index (χ1) is 25.8. The van der Waals surface area contributed by atoms with E-state index in [0.717, 1.165) is 22.7 Å². The summed E-state index contributed by atoms with van der Waals surface area (Å²) in [4.78, 5) is 2.47. The highest BCUT2D eigenvalue weighted by Gasteiger charge is 2.22. The van der Waals surface area contributed by atoms with Gasteiger partial charge >= 0.3 is 0 Å². The van der Waals surface area contributed by atoms with Crippen molar-refractivity contribution < 1.29 is 0 Å². The maximum atomic E-state index is 2.47. The van der Waals surface area contributed by atoms with Gasteiger partial charge in [-0.15, -0.1) is 0 Å². The van der Waals surface area contributed by atoms with Gasteiger partial charge in [-0.3, -0.25) is 0 Å².